The van der Waals surface area contributed by atoms with Crippen molar-refractivity contribution in [1.29, 1.82) is 0 Å². The summed E-state index contributed by atoms with van der Waals surface area (Å²) in [6, 6.07) is 0. The normalized spacial score (nSPS) is 10.2. The van der Waals surface area contributed by atoms with Crippen molar-refractivity contribution in [1.82, 2.24) is 10.6 Å². The Labute approximate surface area is 133 Å². The smallest absolute Gasteiger partial charge is 0.246 e. The van der Waals surface area contributed by atoms with Gasteiger partial charge in [0.05, 0.1) is 12.7 Å². The van der Waals surface area contributed by atoms with Gasteiger partial charge in [0.25, 0.3) is 0 Å². The quantitative estimate of drug-likeness (QED) is 0.429. The fraction of sp³-hybridized carbons (Fsp3) is 0.533. The monoisotopic (exact) mass is 328 g/mol. The van der Waals surface area contributed by atoms with Crippen molar-refractivity contribution in [3.63, 3.8) is 0 Å². The van der Waals surface area contributed by atoms with Crippen molar-refractivity contribution in [2.75, 3.05) is 25.9 Å². The van der Waals surface area contributed by atoms with Crippen LogP contribution >= 0.6 is 9.24 Å². The number of hydrogen-bond donors (Lipinski definition) is 2. The van der Waals surface area contributed by atoms with Gasteiger partial charge >= 0.3 is 0 Å². The maximum atomic E-state index is 11.5. The van der Waals surface area contributed by atoms with E-state index in [9.17, 15) is 14.4 Å². The Bertz CT molecular complexity index is 419. The third-order valence-electron chi connectivity index (χ3n) is 2.72. The highest BCUT2D eigenvalue weighted by atomic mass is 31.0. The summed E-state index contributed by atoms with van der Waals surface area (Å²) >= 11 is 0. The second-order valence-electron chi connectivity index (χ2n) is 4.97. The van der Waals surface area contributed by atoms with Crippen LogP contribution in [0.5, 0.6) is 0 Å². The zero-order valence-electron chi connectivity index (χ0n) is 13.2. The van der Waals surface area contributed by atoms with E-state index in [0.717, 1.165) is 0 Å². The lowest BCUT2D eigenvalue weighted by Gasteiger charge is -2.19. The number of carbonyl (C=O) groups is 3. The maximum Gasteiger partial charge on any atom is 0.246 e. The van der Waals surface area contributed by atoms with Gasteiger partial charge in [0.2, 0.25) is 11.8 Å². The highest BCUT2D eigenvalue weighted by Crippen LogP contribution is 1.97. The van der Waals surface area contributed by atoms with Gasteiger partial charge in [-0.3, -0.25) is 14.4 Å². The zero-order chi connectivity index (χ0) is 17.1. The van der Waals surface area contributed by atoms with Crippen molar-refractivity contribution < 1.29 is 19.1 Å². The fourth-order valence-electron chi connectivity index (χ4n) is 1.35. The molecule has 0 saturated carbocycles. The van der Waals surface area contributed by atoms with Gasteiger partial charge in [-0.15, -0.1) is 9.24 Å². The molecule has 0 bridgehead atoms. The Morgan fingerprint density at radius 2 is 1.50 bits per heavy atom. The lowest BCUT2D eigenvalue weighted by Crippen LogP contribution is -2.42. The predicted octanol–water partition coefficient (Wildman–Crippen LogP) is 0.590. The number of ketones is 1. The van der Waals surface area contributed by atoms with Gasteiger partial charge in [-0.2, -0.15) is 0 Å². The van der Waals surface area contributed by atoms with Gasteiger partial charge in [0.1, 0.15) is 5.78 Å². The van der Waals surface area contributed by atoms with Crippen LogP contribution < -0.4 is 10.6 Å². The van der Waals surface area contributed by atoms with Crippen LogP contribution in [0.3, 0.4) is 0 Å². The van der Waals surface area contributed by atoms with Crippen molar-refractivity contribution >= 4 is 26.8 Å². The van der Waals surface area contributed by atoms with E-state index in [1.807, 2.05) is 0 Å². The van der Waals surface area contributed by atoms with Crippen molar-refractivity contribution in [2.45, 2.75) is 26.4 Å². The number of amides is 2. The molecule has 0 saturated heterocycles. The molecule has 0 rings (SSSR count). The summed E-state index contributed by atoms with van der Waals surface area (Å²) in [7, 11) is 2.36. The van der Waals surface area contributed by atoms with Crippen LogP contribution in [-0.4, -0.2) is 49.6 Å². The number of rotatable bonds is 11. The van der Waals surface area contributed by atoms with Gasteiger partial charge in [0.15, 0.2) is 0 Å². The van der Waals surface area contributed by atoms with Crippen LogP contribution in [0.25, 0.3) is 0 Å². The first-order valence-corrected chi connectivity index (χ1v) is 7.80. The Morgan fingerprint density at radius 1 is 1.05 bits per heavy atom. The van der Waals surface area contributed by atoms with E-state index < -0.39 is 6.10 Å². The van der Waals surface area contributed by atoms with Crippen LogP contribution in [-0.2, 0) is 19.1 Å². The minimum absolute atomic E-state index is 0.0701. The summed E-state index contributed by atoms with van der Waals surface area (Å²) in [5.41, 5.74) is 0.783. The van der Waals surface area contributed by atoms with Crippen LogP contribution in [0.4, 0.5) is 0 Å². The molecule has 0 aromatic rings. The number of nitrogens with one attached hydrogen (secondary N) is 2. The molecule has 0 aromatic carbocycles. The Kier molecular flexibility index (Phi) is 10.3. The molecule has 0 aliphatic rings. The molecule has 0 fully saturated rings. The van der Waals surface area contributed by atoms with Gasteiger partial charge in [-0.25, -0.2) is 0 Å². The Hall–Kier alpha value is -1.52. The van der Waals surface area contributed by atoms with Crippen LogP contribution in [0.1, 0.15) is 20.3 Å². The van der Waals surface area contributed by atoms with Gasteiger partial charge in [0, 0.05) is 36.8 Å². The van der Waals surface area contributed by atoms with Crippen molar-refractivity contribution in [3.8, 4) is 0 Å². The van der Waals surface area contributed by atoms with E-state index in [-0.39, 0.29) is 37.3 Å². The highest BCUT2D eigenvalue weighted by molar-refractivity contribution is 7.18. The molecule has 124 valence electrons. The third-order valence-corrected chi connectivity index (χ3v) is 3.17. The number of carbonyl (C=O) groups excluding carboxylic acids is 3. The molecule has 6 nitrogen and oxygen atoms in total. The molecule has 0 aliphatic heterocycles. The Morgan fingerprint density at radius 3 is 1.86 bits per heavy atom. The molecule has 0 radical (unpaired) electrons. The highest BCUT2D eigenvalue weighted by Gasteiger charge is 2.14. The van der Waals surface area contributed by atoms with Crippen LogP contribution in [0.15, 0.2) is 24.3 Å². The maximum absolute atomic E-state index is 11.5. The standard InChI is InChI=1S/C15H25N2O4P/c1-10(2)14(19)16-7-13(8-17-15(20)11(3)4)21-6-5-12(18)9-22/h13H,1,3,5-9,22H2,2,4H3,(H,16,19)(H,17,20). The molecule has 2 N–H and O–H groups in total. The predicted molar refractivity (Wildman–Crippen MR) is 89.6 cm³/mol. The first-order valence-electron chi connectivity index (χ1n) is 6.98. The number of hydrogen-bond acceptors (Lipinski definition) is 4. The molecule has 22 heavy (non-hydrogen) atoms. The molecule has 7 heteroatoms. The lowest BCUT2D eigenvalue weighted by molar-refractivity contribution is -0.121. The topological polar surface area (TPSA) is 84.5 Å². The van der Waals surface area contributed by atoms with Crippen LogP contribution in [0, 0.1) is 0 Å². The molecule has 0 heterocycles. The SMILES string of the molecule is C=C(C)C(=O)NCC(CNC(=O)C(=C)C)OCCC(=O)CP. The first-order chi connectivity index (χ1) is 10.3. The van der Waals surface area contributed by atoms with Crippen LogP contribution in [0.2, 0.25) is 0 Å². The van der Waals surface area contributed by atoms with Gasteiger partial charge in [-0.05, 0) is 13.8 Å². The average Bonchev–Trinajstić information content (AvgIpc) is 2.47. The first kappa shape index (κ1) is 20.5. The van der Waals surface area contributed by atoms with Gasteiger partial charge < -0.3 is 15.4 Å². The van der Waals surface area contributed by atoms with E-state index in [2.05, 4.69) is 33.0 Å². The molecule has 1 unspecified atom stereocenters. The van der Waals surface area contributed by atoms with E-state index in [4.69, 9.17) is 4.74 Å². The zero-order valence-corrected chi connectivity index (χ0v) is 14.4. The summed E-state index contributed by atoms with van der Waals surface area (Å²) < 4.78 is 5.56. The summed E-state index contributed by atoms with van der Waals surface area (Å²) in [5.74, 6) is -0.484. The van der Waals surface area contributed by atoms with Crippen molar-refractivity contribution in [2.24, 2.45) is 0 Å². The summed E-state index contributed by atoms with van der Waals surface area (Å²) in [6.07, 6.45) is 0.249. The average molecular weight is 328 g/mol. The largest absolute Gasteiger partial charge is 0.374 e. The van der Waals surface area contributed by atoms with E-state index >= 15 is 0 Å². The second kappa shape index (κ2) is 11.1. The summed E-state index contributed by atoms with van der Waals surface area (Å²) in [6.45, 7) is 11.0. The molecular formula is C15H25N2O4P. The summed E-state index contributed by atoms with van der Waals surface area (Å²) in [5, 5.41) is 5.32. The molecular weight excluding hydrogens is 303 g/mol. The van der Waals surface area contributed by atoms with E-state index in [0.29, 0.717) is 23.7 Å². The molecule has 0 aromatic heterocycles. The second-order valence-corrected chi connectivity index (χ2v) is 5.37. The number of Topliss-reactive ketones (excluding diaryl/α,β-unsaturated/α-hetero) is 1. The fourth-order valence-corrected chi connectivity index (χ4v) is 1.55. The number of ether oxygens (including phenoxy) is 1. The lowest BCUT2D eigenvalue weighted by atomic mass is 10.2. The third kappa shape index (κ3) is 9.42. The summed E-state index contributed by atoms with van der Waals surface area (Å²) in [4.78, 5) is 34.2. The van der Waals surface area contributed by atoms with E-state index in [1.165, 1.54) is 0 Å². The minimum atomic E-state index is -0.427. The molecule has 0 aliphatic carbocycles. The van der Waals surface area contributed by atoms with Gasteiger partial charge in [-0.1, -0.05) is 13.2 Å². The van der Waals surface area contributed by atoms with E-state index in [1.54, 1.807) is 13.8 Å². The van der Waals surface area contributed by atoms with Crippen molar-refractivity contribution in [3.05, 3.63) is 24.3 Å². The minimum Gasteiger partial charge on any atom is -0.374 e. The molecule has 0 spiro atoms. The molecule has 1 atom stereocenters. The molecule has 2 amide bonds. The Balaban J connectivity index is 4.38.